The number of hydrogen-bond acceptors (Lipinski definition) is 5. The molecule has 2 aliphatic rings. The van der Waals surface area contributed by atoms with E-state index in [1.165, 1.54) is 5.56 Å². The number of carbonyl (C=O) groups excluding carboxylic acids is 1. The van der Waals surface area contributed by atoms with Gasteiger partial charge in [0.1, 0.15) is 5.75 Å². The first-order valence-corrected chi connectivity index (χ1v) is 12.2. The number of amides is 1. The van der Waals surface area contributed by atoms with E-state index in [1.54, 1.807) is 13.3 Å². The molecule has 2 aromatic carbocycles. The molecule has 3 aromatic rings. The van der Waals surface area contributed by atoms with E-state index in [1.807, 2.05) is 21.7 Å². The zero-order chi connectivity index (χ0) is 23.5. The van der Waals surface area contributed by atoms with Crippen LogP contribution in [0.4, 0.5) is 5.69 Å². The van der Waals surface area contributed by atoms with Crippen LogP contribution in [0, 0.1) is 6.92 Å². The van der Waals surface area contributed by atoms with Crippen molar-refractivity contribution in [2.45, 2.75) is 25.7 Å². The molecular formula is C27H34ClN5O2. The van der Waals surface area contributed by atoms with E-state index < -0.39 is 0 Å². The molecule has 7 nitrogen and oxygen atoms in total. The molecule has 3 heterocycles. The largest absolute Gasteiger partial charge is 0.497 e. The highest BCUT2D eigenvalue weighted by atomic mass is 35.5. The van der Waals surface area contributed by atoms with E-state index in [-0.39, 0.29) is 18.3 Å². The predicted octanol–water partition coefficient (Wildman–Crippen LogP) is 4.04. The number of halogens is 1. The lowest BCUT2D eigenvalue weighted by Gasteiger charge is -2.36. The number of aromatic nitrogens is 2. The SMILES string of the molecule is COc1ccc(N2CCN(C(=O)c3cnn(-c4ccc(C)cc4)c3C3CCNCC3)CC2)cc1.Cl. The number of benzene rings is 2. The van der Waals surface area contributed by atoms with Crippen molar-refractivity contribution in [3.8, 4) is 11.4 Å². The Labute approximate surface area is 213 Å². The molecule has 2 fully saturated rings. The molecule has 1 aromatic heterocycles. The van der Waals surface area contributed by atoms with Crippen molar-refractivity contribution in [1.29, 1.82) is 0 Å². The van der Waals surface area contributed by atoms with Crippen LogP contribution in [0.5, 0.6) is 5.75 Å². The van der Waals surface area contributed by atoms with Crippen LogP contribution in [-0.4, -0.2) is 67.0 Å². The van der Waals surface area contributed by atoms with Crippen LogP contribution in [0.3, 0.4) is 0 Å². The quantitative estimate of drug-likeness (QED) is 0.578. The van der Waals surface area contributed by atoms with Gasteiger partial charge in [-0.1, -0.05) is 17.7 Å². The van der Waals surface area contributed by atoms with E-state index in [4.69, 9.17) is 9.84 Å². The number of nitrogens with zero attached hydrogens (tertiary/aromatic N) is 4. The Bertz CT molecular complexity index is 1120. The standard InChI is InChI=1S/C27H33N5O2.ClH/c1-20-3-5-23(6-4-20)32-26(21-11-13-28-14-12-21)25(19-29-32)27(33)31-17-15-30(16-18-31)22-7-9-24(34-2)10-8-22;/h3-10,19,21,28H,11-18H2,1-2H3;1H. The molecule has 5 rings (SSSR count). The highest BCUT2D eigenvalue weighted by Crippen LogP contribution is 2.31. The van der Waals surface area contributed by atoms with Gasteiger partial charge in [-0.05, 0) is 69.3 Å². The number of methoxy groups -OCH3 is 1. The third kappa shape index (κ3) is 5.31. The summed E-state index contributed by atoms with van der Waals surface area (Å²) >= 11 is 0. The number of piperidine rings is 1. The smallest absolute Gasteiger partial charge is 0.257 e. The molecule has 35 heavy (non-hydrogen) atoms. The van der Waals surface area contributed by atoms with E-state index in [9.17, 15) is 4.79 Å². The summed E-state index contributed by atoms with van der Waals surface area (Å²) in [5.74, 6) is 1.28. The number of aryl methyl sites for hydroxylation is 1. The lowest BCUT2D eigenvalue weighted by Crippen LogP contribution is -2.49. The molecule has 0 bridgehead atoms. The van der Waals surface area contributed by atoms with E-state index in [0.717, 1.165) is 67.4 Å². The van der Waals surface area contributed by atoms with Gasteiger partial charge in [0.15, 0.2) is 0 Å². The highest BCUT2D eigenvalue weighted by Gasteiger charge is 2.30. The van der Waals surface area contributed by atoms with Gasteiger partial charge in [0, 0.05) is 37.8 Å². The molecule has 186 valence electrons. The minimum Gasteiger partial charge on any atom is -0.497 e. The number of rotatable bonds is 5. The van der Waals surface area contributed by atoms with Gasteiger partial charge in [-0.2, -0.15) is 5.10 Å². The Morgan fingerprint density at radius 2 is 1.57 bits per heavy atom. The van der Waals surface area contributed by atoms with Crippen molar-refractivity contribution in [3.63, 3.8) is 0 Å². The topological polar surface area (TPSA) is 62.6 Å². The molecule has 0 aliphatic carbocycles. The monoisotopic (exact) mass is 495 g/mol. The number of anilines is 1. The lowest BCUT2D eigenvalue weighted by atomic mass is 9.91. The van der Waals surface area contributed by atoms with Gasteiger partial charge < -0.3 is 19.9 Å². The third-order valence-corrected chi connectivity index (χ3v) is 7.05. The van der Waals surface area contributed by atoms with Gasteiger partial charge >= 0.3 is 0 Å². The minimum atomic E-state index is 0. The van der Waals surface area contributed by atoms with Crippen molar-refractivity contribution in [2.75, 3.05) is 51.3 Å². The molecule has 0 saturated carbocycles. The maximum Gasteiger partial charge on any atom is 0.257 e. The van der Waals surface area contributed by atoms with E-state index >= 15 is 0 Å². The Kier molecular flexibility index (Phi) is 7.98. The number of hydrogen-bond donors (Lipinski definition) is 1. The average Bonchev–Trinajstić information content (AvgIpc) is 3.34. The van der Waals surface area contributed by atoms with Crippen molar-refractivity contribution in [3.05, 3.63) is 71.5 Å². The fourth-order valence-corrected chi connectivity index (χ4v) is 5.03. The van der Waals surface area contributed by atoms with Crippen LogP contribution in [-0.2, 0) is 0 Å². The summed E-state index contributed by atoms with van der Waals surface area (Å²) in [6.07, 6.45) is 3.82. The van der Waals surface area contributed by atoms with Crippen LogP contribution in [0.15, 0.2) is 54.7 Å². The van der Waals surface area contributed by atoms with Crippen molar-refractivity contribution < 1.29 is 9.53 Å². The van der Waals surface area contributed by atoms with Crippen LogP contribution in [0.25, 0.3) is 5.69 Å². The molecule has 0 spiro atoms. The van der Waals surface area contributed by atoms with Gasteiger partial charge in [0.2, 0.25) is 0 Å². The number of carbonyl (C=O) groups is 1. The van der Waals surface area contributed by atoms with Crippen LogP contribution >= 0.6 is 12.4 Å². The fraction of sp³-hybridized carbons (Fsp3) is 0.407. The van der Waals surface area contributed by atoms with Crippen molar-refractivity contribution in [1.82, 2.24) is 20.0 Å². The molecule has 2 aliphatic heterocycles. The van der Waals surface area contributed by atoms with Crippen LogP contribution in [0.2, 0.25) is 0 Å². The predicted molar refractivity (Wildman–Crippen MR) is 142 cm³/mol. The number of piperazine rings is 1. The first-order chi connectivity index (χ1) is 16.6. The van der Waals surface area contributed by atoms with E-state index in [2.05, 4.69) is 53.5 Å². The summed E-state index contributed by atoms with van der Waals surface area (Å²) in [5.41, 5.74) is 5.21. The molecule has 1 N–H and O–H groups in total. The molecule has 1 amide bonds. The van der Waals surface area contributed by atoms with Gasteiger partial charge in [-0.25, -0.2) is 4.68 Å². The first kappa shape index (κ1) is 25.1. The highest BCUT2D eigenvalue weighted by molar-refractivity contribution is 5.95. The molecule has 8 heteroatoms. The average molecular weight is 496 g/mol. The summed E-state index contributed by atoms with van der Waals surface area (Å²) in [4.78, 5) is 18.0. The van der Waals surface area contributed by atoms with Crippen LogP contribution < -0.4 is 15.0 Å². The molecule has 0 atom stereocenters. The molecule has 2 saturated heterocycles. The Balaban J connectivity index is 0.00000289. The molecule has 0 unspecified atom stereocenters. The maximum absolute atomic E-state index is 13.7. The van der Waals surface area contributed by atoms with Gasteiger partial charge in [0.05, 0.1) is 30.3 Å². The Morgan fingerprint density at radius 1 is 0.943 bits per heavy atom. The Hall–Kier alpha value is -3.03. The summed E-state index contributed by atoms with van der Waals surface area (Å²) in [6, 6.07) is 16.5. The second-order valence-corrected chi connectivity index (χ2v) is 9.19. The number of nitrogens with one attached hydrogen (secondary N) is 1. The second-order valence-electron chi connectivity index (χ2n) is 9.19. The van der Waals surface area contributed by atoms with Gasteiger partial charge in [-0.15, -0.1) is 12.4 Å². The van der Waals surface area contributed by atoms with Crippen LogP contribution in [0.1, 0.15) is 40.4 Å². The Morgan fingerprint density at radius 3 is 2.20 bits per heavy atom. The summed E-state index contributed by atoms with van der Waals surface area (Å²) in [6.45, 7) is 7.05. The van der Waals surface area contributed by atoms with Gasteiger partial charge in [0.25, 0.3) is 5.91 Å². The van der Waals surface area contributed by atoms with Crippen molar-refractivity contribution in [2.24, 2.45) is 0 Å². The second kappa shape index (κ2) is 11.1. The minimum absolute atomic E-state index is 0. The zero-order valence-corrected chi connectivity index (χ0v) is 21.3. The first-order valence-electron chi connectivity index (χ1n) is 12.2. The lowest BCUT2D eigenvalue weighted by molar-refractivity contribution is 0.0744. The summed E-state index contributed by atoms with van der Waals surface area (Å²) < 4.78 is 7.27. The fourth-order valence-electron chi connectivity index (χ4n) is 5.03. The zero-order valence-electron chi connectivity index (χ0n) is 20.4. The number of ether oxygens (including phenoxy) is 1. The van der Waals surface area contributed by atoms with Gasteiger partial charge in [-0.3, -0.25) is 4.79 Å². The third-order valence-electron chi connectivity index (χ3n) is 7.05. The molecule has 0 radical (unpaired) electrons. The van der Waals surface area contributed by atoms with Crippen molar-refractivity contribution >= 4 is 24.0 Å². The molecular weight excluding hydrogens is 462 g/mol. The summed E-state index contributed by atoms with van der Waals surface area (Å²) in [5, 5.41) is 8.16. The normalized spacial score (nSPS) is 16.6. The summed E-state index contributed by atoms with van der Waals surface area (Å²) in [7, 11) is 1.68. The van der Waals surface area contributed by atoms with E-state index in [0.29, 0.717) is 19.0 Å². The maximum atomic E-state index is 13.7.